The summed E-state index contributed by atoms with van der Waals surface area (Å²) >= 11 is 6.49. The maximum absolute atomic E-state index is 14.4. The Bertz CT molecular complexity index is 1750. The number of imide groups is 1. The summed E-state index contributed by atoms with van der Waals surface area (Å²) in [6.45, 7) is 0.724. The molecule has 0 radical (unpaired) electrons. The standard InChI is InChI=1S/C29H21ClN4O3/c30-18-10-3-6-13-21(18)33-26(36)23-22-14-7-15-32(22)29(24(23)27(33)37)17-9-2-5-12-20(17)34-25(35)16-8-1-4-11-19(16)31-28(29)34/h1-6,8-13,22-24H,7,14-15H2/t22-,23+,24-,29-/m1/s1. The second kappa shape index (κ2) is 7.15. The van der Waals surface area contributed by atoms with E-state index in [4.69, 9.17) is 16.6 Å². The normalized spacial score (nSPS) is 27.7. The molecule has 4 atom stereocenters. The first-order chi connectivity index (χ1) is 18.0. The van der Waals surface area contributed by atoms with Gasteiger partial charge in [0.15, 0.2) is 0 Å². The summed E-state index contributed by atoms with van der Waals surface area (Å²) in [7, 11) is 0. The molecule has 3 aromatic carbocycles. The van der Waals surface area contributed by atoms with E-state index in [2.05, 4.69) is 4.90 Å². The third kappa shape index (κ3) is 2.37. The fourth-order valence-electron chi connectivity index (χ4n) is 7.48. The first-order valence-corrected chi connectivity index (χ1v) is 12.9. The molecule has 4 aromatic rings. The third-order valence-electron chi connectivity index (χ3n) is 8.73. The van der Waals surface area contributed by atoms with Crippen molar-refractivity contribution in [2.75, 3.05) is 11.4 Å². The van der Waals surface area contributed by atoms with Crippen LogP contribution in [0.5, 0.6) is 0 Å². The summed E-state index contributed by atoms with van der Waals surface area (Å²) in [5.74, 6) is -1.25. The highest BCUT2D eigenvalue weighted by atomic mass is 35.5. The number of nitrogens with zero attached hydrogens (tertiary/aromatic N) is 4. The molecule has 0 bridgehead atoms. The minimum atomic E-state index is -1.02. The number of fused-ring (bicyclic) bond motifs is 11. The Morgan fingerprint density at radius 1 is 0.865 bits per heavy atom. The van der Waals surface area contributed by atoms with Gasteiger partial charge in [-0.2, -0.15) is 0 Å². The SMILES string of the molecule is O=C1[C@H]2[C@H]3CCCN3[C@]3(c4ccccc4-n4c3nc3ccccc3c4=O)[C@H]2C(=O)N1c1ccccc1Cl. The van der Waals surface area contributed by atoms with Crippen LogP contribution in [-0.2, 0) is 15.1 Å². The van der Waals surface area contributed by atoms with E-state index in [0.29, 0.717) is 27.4 Å². The molecule has 5 heterocycles. The van der Waals surface area contributed by atoms with E-state index < -0.39 is 17.4 Å². The first-order valence-electron chi connectivity index (χ1n) is 12.6. The van der Waals surface area contributed by atoms with E-state index in [1.807, 2.05) is 42.5 Å². The molecule has 182 valence electrons. The maximum Gasteiger partial charge on any atom is 0.266 e. The van der Waals surface area contributed by atoms with E-state index >= 15 is 0 Å². The molecule has 4 aliphatic rings. The highest BCUT2D eigenvalue weighted by Crippen LogP contribution is 2.62. The van der Waals surface area contributed by atoms with Crippen LogP contribution >= 0.6 is 11.6 Å². The molecule has 1 spiro atoms. The van der Waals surface area contributed by atoms with Gasteiger partial charge in [0.1, 0.15) is 11.4 Å². The maximum atomic E-state index is 14.4. The summed E-state index contributed by atoms with van der Waals surface area (Å²) in [6.07, 6.45) is 1.71. The van der Waals surface area contributed by atoms with Gasteiger partial charge in [0.2, 0.25) is 11.8 Å². The zero-order valence-electron chi connectivity index (χ0n) is 19.7. The van der Waals surface area contributed by atoms with Crippen LogP contribution in [0, 0.1) is 11.8 Å². The second-order valence-electron chi connectivity index (χ2n) is 10.2. The number of carbonyl (C=O) groups excluding carboxylic acids is 2. The molecule has 0 aliphatic carbocycles. The van der Waals surface area contributed by atoms with E-state index in [-0.39, 0.29) is 23.4 Å². The van der Waals surface area contributed by atoms with Crippen LogP contribution in [0.4, 0.5) is 5.69 Å². The van der Waals surface area contributed by atoms with E-state index in [0.717, 1.165) is 30.6 Å². The molecule has 4 aliphatic heterocycles. The number of hydrogen-bond acceptors (Lipinski definition) is 5. The molecule has 0 saturated carbocycles. The summed E-state index contributed by atoms with van der Waals surface area (Å²) in [5.41, 5.74) is 1.39. The molecule has 7 nitrogen and oxygen atoms in total. The van der Waals surface area contributed by atoms with Crippen LogP contribution in [0.2, 0.25) is 5.02 Å². The molecule has 0 N–H and O–H groups in total. The monoisotopic (exact) mass is 508 g/mol. The minimum absolute atomic E-state index is 0.128. The number of halogens is 1. The molecule has 1 aromatic heterocycles. The Morgan fingerprint density at radius 3 is 2.43 bits per heavy atom. The number of hydrogen-bond donors (Lipinski definition) is 0. The van der Waals surface area contributed by atoms with Crippen molar-refractivity contribution in [2.45, 2.75) is 24.4 Å². The number of anilines is 1. The molecular weight excluding hydrogens is 488 g/mol. The fraction of sp³-hybridized carbons (Fsp3) is 0.241. The van der Waals surface area contributed by atoms with Crippen molar-refractivity contribution >= 4 is 40.0 Å². The van der Waals surface area contributed by atoms with Crippen LogP contribution in [0.1, 0.15) is 24.2 Å². The topological polar surface area (TPSA) is 75.5 Å². The van der Waals surface area contributed by atoms with Crippen molar-refractivity contribution in [1.29, 1.82) is 0 Å². The van der Waals surface area contributed by atoms with Crippen molar-refractivity contribution in [3.8, 4) is 5.69 Å². The largest absolute Gasteiger partial charge is 0.283 e. The number of carbonyl (C=O) groups is 2. The van der Waals surface area contributed by atoms with Crippen LogP contribution in [0.25, 0.3) is 16.6 Å². The van der Waals surface area contributed by atoms with Gasteiger partial charge in [-0.1, -0.05) is 54.1 Å². The number of para-hydroxylation sites is 3. The van der Waals surface area contributed by atoms with E-state index in [1.165, 1.54) is 4.90 Å². The molecule has 3 fully saturated rings. The molecule has 8 rings (SSSR count). The van der Waals surface area contributed by atoms with E-state index in [1.54, 1.807) is 34.9 Å². The highest BCUT2D eigenvalue weighted by Gasteiger charge is 2.73. The van der Waals surface area contributed by atoms with Gasteiger partial charge >= 0.3 is 0 Å². The van der Waals surface area contributed by atoms with Gasteiger partial charge in [0.05, 0.1) is 39.1 Å². The second-order valence-corrected chi connectivity index (χ2v) is 10.7. The summed E-state index contributed by atoms with van der Waals surface area (Å²) in [4.78, 5) is 51.0. The van der Waals surface area contributed by atoms with Crippen molar-refractivity contribution < 1.29 is 9.59 Å². The lowest BCUT2D eigenvalue weighted by Gasteiger charge is -2.38. The Balaban J connectivity index is 1.46. The minimum Gasteiger partial charge on any atom is -0.283 e. The Hall–Kier alpha value is -3.81. The molecule has 0 unspecified atom stereocenters. The van der Waals surface area contributed by atoms with Crippen LogP contribution in [0.3, 0.4) is 0 Å². The molecule has 37 heavy (non-hydrogen) atoms. The van der Waals surface area contributed by atoms with Crippen molar-refractivity contribution in [1.82, 2.24) is 14.5 Å². The first kappa shape index (κ1) is 21.3. The van der Waals surface area contributed by atoms with Gasteiger partial charge in [-0.25, -0.2) is 9.88 Å². The average molecular weight is 509 g/mol. The summed E-state index contributed by atoms with van der Waals surface area (Å²) in [5, 5.41) is 0.881. The Labute approximate surface area is 216 Å². The highest BCUT2D eigenvalue weighted by molar-refractivity contribution is 6.36. The van der Waals surface area contributed by atoms with Crippen molar-refractivity contribution in [2.24, 2.45) is 11.8 Å². The van der Waals surface area contributed by atoms with Crippen LogP contribution in [-0.4, -0.2) is 38.9 Å². The number of aromatic nitrogens is 2. The molecule has 2 amide bonds. The summed E-state index contributed by atoms with van der Waals surface area (Å²) in [6, 6.07) is 21.9. The van der Waals surface area contributed by atoms with Gasteiger partial charge < -0.3 is 0 Å². The number of benzene rings is 3. The van der Waals surface area contributed by atoms with E-state index in [9.17, 15) is 14.4 Å². The van der Waals surface area contributed by atoms with Crippen LogP contribution < -0.4 is 10.5 Å². The average Bonchev–Trinajstić information content (AvgIpc) is 3.62. The lowest BCUT2D eigenvalue weighted by atomic mass is 9.75. The zero-order chi connectivity index (χ0) is 25.1. The predicted molar refractivity (Wildman–Crippen MR) is 139 cm³/mol. The Morgan fingerprint density at radius 2 is 1.59 bits per heavy atom. The lowest BCUT2D eigenvalue weighted by molar-refractivity contribution is -0.124. The number of amides is 2. The molecule has 3 saturated heterocycles. The van der Waals surface area contributed by atoms with Gasteiger partial charge in [-0.05, 0) is 49.7 Å². The van der Waals surface area contributed by atoms with Crippen LogP contribution in [0.15, 0.2) is 77.6 Å². The van der Waals surface area contributed by atoms with Crippen molar-refractivity contribution in [3.05, 3.63) is 99.6 Å². The quantitative estimate of drug-likeness (QED) is 0.365. The third-order valence-corrected chi connectivity index (χ3v) is 9.05. The van der Waals surface area contributed by atoms with Gasteiger partial charge in [0, 0.05) is 11.6 Å². The number of rotatable bonds is 1. The zero-order valence-corrected chi connectivity index (χ0v) is 20.4. The smallest absolute Gasteiger partial charge is 0.266 e. The Kier molecular flexibility index (Phi) is 4.11. The van der Waals surface area contributed by atoms with Gasteiger partial charge in [-0.15, -0.1) is 0 Å². The van der Waals surface area contributed by atoms with Gasteiger partial charge in [-0.3, -0.25) is 23.9 Å². The fourth-order valence-corrected chi connectivity index (χ4v) is 7.70. The van der Waals surface area contributed by atoms with Gasteiger partial charge in [0.25, 0.3) is 5.56 Å². The molecular formula is C29H21ClN4O3. The van der Waals surface area contributed by atoms with Crippen molar-refractivity contribution in [3.63, 3.8) is 0 Å². The predicted octanol–water partition coefficient (Wildman–Crippen LogP) is 3.88. The molecule has 8 heteroatoms. The lowest BCUT2D eigenvalue weighted by Crippen LogP contribution is -2.51. The summed E-state index contributed by atoms with van der Waals surface area (Å²) < 4.78 is 1.67.